The molecule has 0 aliphatic heterocycles. The van der Waals surface area contributed by atoms with Gasteiger partial charge < -0.3 is 4.74 Å². The maximum absolute atomic E-state index is 5.83. The zero-order valence-corrected chi connectivity index (χ0v) is 13.7. The highest BCUT2D eigenvalue weighted by Crippen LogP contribution is 2.28. The minimum absolute atomic E-state index is 0.269. The summed E-state index contributed by atoms with van der Waals surface area (Å²) in [4.78, 5) is 0. The highest BCUT2D eigenvalue weighted by Gasteiger charge is 2.24. The largest absolute Gasteiger partial charge is 0.493 e. The van der Waals surface area contributed by atoms with Gasteiger partial charge in [0.2, 0.25) is 0 Å². The lowest BCUT2D eigenvalue weighted by atomic mass is 9.83. The van der Waals surface area contributed by atoms with E-state index in [-0.39, 0.29) is 5.41 Å². The monoisotopic (exact) mass is 396 g/mol. The number of ether oxygens (including phenoxy) is 1. The Bertz CT molecular complexity index is 333. The molecule has 90 valence electrons. The number of hydrogen-bond donors (Lipinski definition) is 0. The van der Waals surface area contributed by atoms with E-state index in [0.29, 0.717) is 5.92 Å². The topological polar surface area (TPSA) is 9.23 Å². The van der Waals surface area contributed by atoms with Gasteiger partial charge in [-0.1, -0.05) is 42.8 Å². The van der Waals surface area contributed by atoms with Crippen molar-refractivity contribution in [3.63, 3.8) is 0 Å². The minimum Gasteiger partial charge on any atom is -0.493 e. The van der Waals surface area contributed by atoms with Crippen molar-refractivity contribution in [2.75, 3.05) is 11.9 Å². The quantitative estimate of drug-likeness (QED) is 0.528. The summed E-state index contributed by atoms with van der Waals surface area (Å²) in [5, 5.41) is 0.973. The molecule has 0 saturated heterocycles. The first kappa shape index (κ1) is 14.3. The molecule has 0 heterocycles. The van der Waals surface area contributed by atoms with Crippen LogP contribution in [0.1, 0.15) is 20.8 Å². The summed E-state index contributed by atoms with van der Waals surface area (Å²) in [5.41, 5.74) is 0.269. The average molecular weight is 397 g/mol. The van der Waals surface area contributed by atoms with Gasteiger partial charge >= 0.3 is 0 Å². The van der Waals surface area contributed by atoms with Gasteiger partial charge in [-0.3, -0.25) is 0 Å². The Morgan fingerprint density at radius 2 is 2.06 bits per heavy atom. The molecule has 1 aromatic rings. The van der Waals surface area contributed by atoms with Gasteiger partial charge in [-0.15, -0.1) is 0 Å². The summed E-state index contributed by atoms with van der Waals surface area (Å²) in [6.07, 6.45) is 0. The molecule has 0 radical (unpaired) electrons. The standard InChI is InChI=1S/C13H18BrIO/c1-13(2,3)10(8-14)9-16-12-6-4-5-11(15)7-12/h4-7,10H,8-9H2,1-3H3. The lowest BCUT2D eigenvalue weighted by molar-refractivity contribution is 0.166. The first-order valence-electron chi connectivity index (χ1n) is 5.38. The van der Waals surface area contributed by atoms with Gasteiger partial charge in [0.1, 0.15) is 5.75 Å². The fraction of sp³-hybridized carbons (Fsp3) is 0.538. The summed E-state index contributed by atoms with van der Waals surface area (Å²) < 4.78 is 7.04. The van der Waals surface area contributed by atoms with Gasteiger partial charge in [0, 0.05) is 14.8 Å². The number of rotatable bonds is 4. The molecule has 0 N–H and O–H groups in total. The predicted octanol–water partition coefficient (Wildman–Crippen LogP) is 4.73. The van der Waals surface area contributed by atoms with Crippen LogP contribution in [-0.2, 0) is 0 Å². The fourth-order valence-electron chi connectivity index (χ4n) is 1.28. The molecule has 3 heteroatoms. The van der Waals surface area contributed by atoms with Gasteiger partial charge in [0.25, 0.3) is 0 Å². The van der Waals surface area contributed by atoms with E-state index >= 15 is 0 Å². The molecule has 0 saturated carbocycles. The molecule has 0 bridgehead atoms. The summed E-state index contributed by atoms with van der Waals surface area (Å²) >= 11 is 5.86. The van der Waals surface area contributed by atoms with Gasteiger partial charge in [-0.2, -0.15) is 0 Å². The number of halogens is 2. The Balaban J connectivity index is 2.56. The summed E-state index contributed by atoms with van der Waals surface area (Å²) in [5.74, 6) is 1.48. The Labute approximate surface area is 120 Å². The van der Waals surface area contributed by atoms with Crippen LogP contribution in [0.2, 0.25) is 0 Å². The van der Waals surface area contributed by atoms with Crippen LogP contribution in [0.25, 0.3) is 0 Å². The second-order valence-corrected chi connectivity index (χ2v) is 6.88. The van der Waals surface area contributed by atoms with Gasteiger partial charge in [0.15, 0.2) is 0 Å². The van der Waals surface area contributed by atoms with Gasteiger partial charge in [-0.05, 0) is 46.2 Å². The van der Waals surface area contributed by atoms with E-state index in [2.05, 4.69) is 71.4 Å². The van der Waals surface area contributed by atoms with Crippen molar-refractivity contribution >= 4 is 38.5 Å². The van der Waals surface area contributed by atoms with E-state index < -0.39 is 0 Å². The summed E-state index contributed by atoms with van der Waals surface area (Å²) in [6, 6.07) is 8.17. The Kier molecular flexibility index (Phi) is 5.57. The van der Waals surface area contributed by atoms with E-state index in [1.165, 1.54) is 3.57 Å². The molecule has 0 aromatic heterocycles. The molecule has 1 unspecified atom stereocenters. The van der Waals surface area contributed by atoms with E-state index in [9.17, 15) is 0 Å². The summed E-state index contributed by atoms with van der Waals surface area (Å²) in [7, 11) is 0. The second-order valence-electron chi connectivity index (χ2n) is 4.99. The highest BCUT2D eigenvalue weighted by atomic mass is 127. The van der Waals surface area contributed by atoms with Crippen LogP contribution >= 0.6 is 38.5 Å². The molecule has 0 amide bonds. The van der Waals surface area contributed by atoms with Crippen LogP contribution in [0, 0.1) is 14.9 Å². The lowest BCUT2D eigenvalue weighted by Gasteiger charge is -2.28. The lowest BCUT2D eigenvalue weighted by Crippen LogP contribution is -2.27. The average Bonchev–Trinajstić information content (AvgIpc) is 2.16. The first-order valence-corrected chi connectivity index (χ1v) is 7.58. The van der Waals surface area contributed by atoms with E-state index in [0.717, 1.165) is 17.7 Å². The number of alkyl halides is 1. The molecule has 0 fully saturated rings. The van der Waals surface area contributed by atoms with E-state index in [4.69, 9.17) is 4.74 Å². The number of hydrogen-bond acceptors (Lipinski definition) is 1. The zero-order chi connectivity index (χ0) is 12.2. The SMILES string of the molecule is CC(C)(C)C(CBr)COc1cccc(I)c1. The van der Waals surface area contributed by atoms with Crippen molar-refractivity contribution in [2.24, 2.45) is 11.3 Å². The normalized spacial score (nSPS) is 13.6. The molecular formula is C13H18BrIO. The molecule has 0 aliphatic rings. The Hall–Kier alpha value is 0.230. The molecule has 1 aromatic carbocycles. The van der Waals surface area contributed by atoms with Crippen molar-refractivity contribution in [3.05, 3.63) is 27.8 Å². The van der Waals surface area contributed by atoms with Gasteiger partial charge in [0.05, 0.1) is 6.61 Å². The smallest absolute Gasteiger partial charge is 0.120 e. The summed E-state index contributed by atoms with van der Waals surface area (Å²) in [6.45, 7) is 7.50. The molecule has 1 atom stereocenters. The maximum Gasteiger partial charge on any atom is 0.120 e. The molecule has 0 spiro atoms. The minimum atomic E-state index is 0.269. The zero-order valence-electron chi connectivity index (χ0n) is 9.97. The Morgan fingerprint density at radius 3 is 2.56 bits per heavy atom. The fourth-order valence-corrected chi connectivity index (χ4v) is 2.95. The van der Waals surface area contributed by atoms with Crippen LogP contribution < -0.4 is 4.74 Å². The molecule has 1 nitrogen and oxygen atoms in total. The molecule has 16 heavy (non-hydrogen) atoms. The van der Waals surface area contributed by atoms with Gasteiger partial charge in [-0.25, -0.2) is 0 Å². The third-order valence-electron chi connectivity index (χ3n) is 2.66. The van der Waals surface area contributed by atoms with Crippen LogP contribution in [0.3, 0.4) is 0 Å². The number of benzene rings is 1. The van der Waals surface area contributed by atoms with Crippen LogP contribution in [-0.4, -0.2) is 11.9 Å². The second kappa shape index (κ2) is 6.24. The van der Waals surface area contributed by atoms with Crippen molar-refractivity contribution in [1.82, 2.24) is 0 Å². The van der Waals surface area contributed by atoms with Crippen molar-refractivity contribution in [3.8, 4) is 5.75 Å². The Morgan fingerprint density at radius 1 is 1.38 bits per heavy atom. The predicted molar refractivity (Wildman–Crippen MR) is 81.4 cm³/mol. The first-order chi connectivity index (χ1) is 7.43. The van der Waals surface area contributed by atoms with Crippen molar-refractivity contribution < 1.29 is 4.74 Å². The van der Waals surface area contributed by atoms with Crippen molar-refractivity contribution in [2.45, 2.75) is 20.8 Å². The molecular weight excluding hydrogens is 379 g/mol. The highest BCUT2D eigenvalue weighted by molar-refractivity contribution is 14.1. The van der Waals surface area contributed by atoms with Crippen LogP contribution in [0.5, 0.6) is 5.75 Å². The van der Waals surface area contributed by atoms with Crippen LogP contribution in [0.15, 0.2) is 24.3 Å². The molecule has 1 rings (SSSR count). The van der Waals surface area contributed by atoms with E-state index in [1.54, 1.807) is 0 Å². The van der Waals surface area contributed by atoms with Crippen molar-refractivity contribution in [1.29, 1.82) is 0 Å². The third kappa shape index (κ3) is 4.62. The third-order valence-corrected chi connectivity index (χ3v) is 4.11. The molecule has 0 aliphatic carbocycles. The maximum atomic E-state index is 5.83. The van der Waals surface area contributed by atoms with E-state index in [1.807, 2.05) is 12.1 Å². The van der Waals surface area contributed by atoms with Crippen LogP contribution in [0.4, 0.5) is 0 Å².